The van der Waals surface area contributed by atoms with Crippen molar-refractivity contribution in [1.29, 1.82) is 0 Å². The molecule has 2 aromatic carbocycles. The van der Waals surface area contributed by atoms with Gasteiger partial charge in [-0.25, -0.2) is 0 Å². The Bertz CT molecular complexity index is 898. The first-order valence-corrected chi connectivity index (χ1v) is 9.53. The Hall–Kier alpha value is -2.31. The molecule has 1 heterocycles. The second kappa shape index (κ2) is 8.38. The van der Waals surface area contributed by atoms with Gasteiger partial charge in [-0.1, -0.05) is 65.8 Å². The quantitative estimate of drug-likeness (QED) is 0.648. The third-order valence-electron chi connectivity index (χ3n) is 3.93. The van der Waals surface area contributed by atoms with Crippen LogP contribution in [0.1, 0.15) is 18.5 Å². The molecule has 0 aliphatic heterocycles. The van der Waals surface area contributed by atoms with E-state index in [1.54, 1.807) is 0 Å². The van der Waals surface area contributed by atoms with Crippen molar-refractivity contribution in [3.05, 3.63) is 65.2 Å². The Morgan fingerprint density at radius 3 is 2.69 bits per heavy atom. The molecule has 1 N–H and O–H groups in total. The molecule has 1 aromatic heterocycles. The highest BCUT2D eigenvalue weighted by Gasteiger charge is 2.14. The fourth-order valence-corrected chi connectivity index (χ4v) is 3.47. The van der Waals surface area contributed by atoms with Gasteiger partial charge in [0.2, 0.25) is 5.91 Å². The average Bonchev–Trinajstić information content (AvgIpc) is 3.01. The summed E-state index contributed by atoms with van der Waals surface area (Å²) in [5, 5.41) is 12.8. The molecular weight excluding hydrogens is 368 g/mol. The number of halogens is 1. The maximum absolute atomic E-state index is 12.3. The van der Waals surface area contributed by atoms with E-state index >= 15 is 0 Å². The minimum atomic E-state index is -0.110. The molecule has 7 heteroatoms. The standard InChI is InChI=1S/C19H19ClN4OS/c1-13(15-9-6-10-16(20)11-15)21-17(25)12-26-19-23-22-18(24(19)2)14-7-4-3-5-8-14/h3-11,13H,12H2,1-2H3,(H,21,25)/t13-/m0/s1. The Kier molecular flexibility index (Phi) is 5.96. The van der Waals surface area contributed by atoms with Crippen molar-refractivity contribution in [3.63, 3.8) is 0 Å². The number of amides is 1. The van der Waals surface area contributed by atoms with Crippen LogP contribution in [0.5, 0.6) is 0 Å². The van der Waals surface area contributed by atoms with Crippen LogP contribution >= 0.6 is 23.4 Å². The van der Waals surface area contributed by atoms with Gasteiger partial charge in [0, 0.05) is 17.6 Å². The van der Waals surface area contributed by atoms with Crippen LogP contribution in [-0.2, 0) is 11.8 Å². The summed E-state index contributed by atoms with van der Waals surface area (Å²) >= 11 is 7.36. The summed E-state index contributed by atoms with van der Waals surface area (Å²) in [4.78, 5) is 12.3. The Balaban J connectivity index is 1.59. The maximum Gasteiger partial charge on any atom is 0.230 e. The summed E-state index contributed by atoms with van der Waals surface area (Å²) in [6.07, 6.45) is 0. The van der Waals surface area contributed by atoms with Crippen LogP contribution in [0.2, 0.25) is 5.02 Å². The average molecular weight is 387 g/mol. The lowest BCUT2D eigenvalue weighted by Crippen LogP contribution is -2.28. The summed E-state index contributed by atoms with van der Waals surface area (Å²) in [6, 6.07) is 17.2. The van der Waals surface area contributed by atoms with Crippen molar-refractivity contribution in [2.24, 2.45) is 7.05 Å². The zero-order valence-corrected chi connectivity index (χ0v) is 16.1. The first-order chi connectivity index (χ1) is 12.5. The number of nitrogens with one attached hydrogen (secondary N) is 1. The fraction of sp³-hybridized carbons (Fsp3) is 0.211. The zero-order valence-electron chi connectivity index (χ0n) is 14.5. The Morgan fingerprint density at radius 2 is 1.96 bits per heavy atom. The second-order valence-corrected chi connectivity index (χ2v) is 7.24. The maximum atomic E-state index is 12.3. The number of carbonyl (C=O) groups excluding carboxylic acids is 1. The lowest BCUT2D eigenvalue weighted by Gasteiger charge is -2.14. The van der Waals surface area contributed by atoms with Crippen molar-refractivity contribution in [2.45, 2.75) is 18.1 Å². The number of hydrogen-bond donors (Lipinski definition) is 1. The number of rotatable bonds is 6. The number of benzene rings is 2. The summed E-state index contributed by atoms with van der Waals surface area (Å²) in [6.45, 7) is 1.93. The van der Waals surface area contributed by atoms with E-state index in [0.29, 0.717) is 10.2 Å². The molecule has 5 nitrogen and oxygen atoms in total. The molecule has 1 atom stereocenters. The van der Waals surface area contributed by atoms with Crippen LogP contribution in [0.3, 0.4) is 0 Å². The molecule has 1 amide bonds. The van der Waals surface area contributed by atoms with E-state index in [1.165, 1.54) is 11.8 Å². The molecule has 0 aliphatic rings. The molecular formula is C19H19ClN4OS. The first-order valence-electron chi connectivity index (χ1n) is 8.17. The Morgan fingerprint density at radius 1 is 1.19 bits per heavy atom. The van der Waals surface area contributed by atoms with Gasteiger partial charge in [0.1, 0.15) is 0 Å². The Labute approximate surface area is 161 Å². The number of hydrogen-bond acceptors (Lipinski definition) is 4. The minimum Gasteiger partial charge on any atom is -0.349 e. The minimum absolute atomic E-state index is 0.0632. The predicted octanol–water partition coefficient (Wildman–Crippen LogP) is 4.11. The van der Waals surface area contributed by atoms with Gasteiger partial charge in [0.15, 0.2) is 11.0 Å². The van der Waals surface area contributed by atoms with Crippen LogP contribution in [-0.4, -0.2) is 26.4 Å². The summed E-state index contributed by atoms with van der Waals surface area (Å²) < 4.78 is 1.90. The highest BCUT2D eigenvalue weighted by Crippen LogP contribution is 2.23. The zero-order chi connectivity index (χ0) is 18.5. The summed E-state index contributed by atoms with van der Waals surface area (Å²) in [5.74, 6) is 0.985. The fourth-order valence-electron chi connectivity index (χ4n) is 2.55. The molecule has 0 bridgehead atoms. The molecule has 26 heavy (non-hydrogen) atoms. The third kappa shape index (κ3) is 4.45. The summed E-state index contributed by atoms with van der Waals surface area (Å²) in [5.41, 5.74) is 1.97. The molecule has 0 radical (unpaired) electrons. The lowest BCUT2D eigenvalue weighted by atomic mass is 10.1. The van der Waals surface area contributed by atoms with Crippen molar-refractivity contribution in [3.8, 4) is 11.4 Å². The van der Waals surface area contributed by atoms with Gasteiger partial charge in [-0.15, -0.1) is 10.2 Å². The molecule has 0 unspecified atom stereocenters. The van der Waals surface area contributed by atoms with Crippen molar-refractivity contribution in [1.82, 2.24) is 20.1 Å². The van der Waals surface area contributed by atoms with E-state index in [4.69, 9.17) is 11.6 Å². The molecule has 0 saturated heterocycles. The van der Waals surface area contributed by atoms with E-state index in [1.807, 2.05) is 73.1 Å². The van der Waals surface area contributed by atoms with Crippen LogP contribution in [0.4, 0.5) is 0 Å². The van der Waals surface area contributed by atoms with Crippen molar-refractivity contribution >= 4 is 29.3 Å². The summed E-state index contributed by atoms with van der Waals surface area (Å²) in [7, 11) is 1.90. The van der Waals surface area contributed by atoms with Crippen LogP contribution in [0.25, 0.3) is 11.4 Å². The number of aromatic nitrogens is 3. The van der Waals surface area contributed by atoms with E-state index in [9.17, 15) is 4.79 Å². The van der Waals surface area contributed by atoms with Gasteiger partial charge < -0.3 is 9.88 Å². The van der Waals surface area contributed by atoms with Gasteiger partial charge in [0.05, 0.1) is 11.8 Å². The normalized spacial score (nSPS) is 12.0. The molecule has 0 aliphatic carbocycles. The first kappa shape index (κ1) is 18.5. The smallest absolute Gasteiger partial charge is 0.230 e. The lowest BCUT2D eigenvalue weighted by molar-refractivity contribution is -0.119. The molecule has 134 valence electrons. The molecule has 0 spiro atoms. The van der Waals surface area contributed by atoms with Crippen molar-refractivity contribution in [2.75, 3.05) is 5.75 Å². The number of thioether (sulfide) groups is 1. The van der Waals surface area contributed by atoms with Gasteiger partial charge in [-0.2, -0.15) is 0 Å². The van der Waals surface area contributed by atoms with E-state index < -0.39 is 0 Å². The SMILES string of the molecule is C[C@H](NC(=O)CSc1nnc(-c2ccccc2)n1C)c1cccc(Cl)c1. The monoisotopic (exact) mass is 386 g/mol. The molecule has 0 fully saturated rings. The highest BCUT2D eigenvalue weighted by molar-refractivity contribution is 7.99. The van der Waals surface area contributed by atoms with Gasteiger partial charge in [0.25, 0.3) is 0 Å². The number of nitrogens with zero attached hydrogens (tertiary/aromatic N) is 3. The van der Waals surface area contributed by atoms with Crippen LogP contribution < -0.4 is 5.32 Å². The van der Waals surface area contributed by atoms with Gasteiger partial charge >= 0.3 is 0 Å². The molecule has 3 rings (SSSR count). The van der Waals surface area contributed by atoms with E-state index in [2.05, 4.69) is 15.5 Å². The van der Waals surface area contributed by atoms with Gasteiger partial charge in [-0.05, 0) is 24.6 Å². The predicted molar refractivity (Wildman–Crippen MR) is 105 cm³/mol. The van der Waals surface area contributed by atoms with Crippen molar-refractivity contribution < 1.29 is 4.79 Å². The van der Waals surface area contributed by atoms with Crippen LogP contribution in [0, 0.1) is 0 Å². The third-order valence-corrected chi connectivity index (χ3v) is 5.18. The van der Waals surface area contributed by atoms with E-state index in [0.717, 1.165) is 17.0 Å². The van der Waals surface area contributed by atoms with E-state index in [-0.39, 0.29) is 17.7 Å². The second-order valence-electron chi connectivity index (χ2n) is 5.86. The molecule has 0 saturated carbocycles. The number of carbonyl (C=O) groups is 1. The molecule has 3 aromatic rings. The van der Waals surface area contributed by atoms with Crippen LogP contribution in [0.15, 0.2) is 59.8 Å². The largest absolute Gasteiger partial charge is 0.349 e. The van der Waals surface area contributed by atoms with Gasteiger partial charge in [-0.3, -0.25) is 4.79 Å². The topological polar surface area (TPSA) is 59.8 Å². The highest BCUT2D eigenvalue weighted by atomic mass is 35.5.